The van der Waals surface area contributed by atoms with Crippen molar-refractivity contribution in [3.8, 4) is 0 Å². The smallest absolute Gasteiger partial charge is 0.307 e. The van der Waals surface area contributed by atoms with Crippen molar-refractivity contribution >= 4 is 27.9 Å². The van der Waals surface area contributed by atoms with E-state index in [0.29, 0.717) is 0 Å². The predicted molar refractivity (Wildman–Crippen MR) is 80.8 cm³/mol. The molecule has 0 bridgehead atoms. The third-order valence-corrected chi connectivity index (χ3v) is 2.95. The van der Waals surface area contributed by atoms with Crippen LogP contribution in [0.5, 0.6) is 0 Å². The molecule has 106 valence electrons. The second kappa shape index (κ2) is 4.74. The highest BCUT2D eigenvalue weighted by molar-refractivity contribution is 5.93. The number of aryl methyl sites for hydroxylation is 1. The van der Waals surface area contributed by atoms with Crippen molar-refractivity contribution < 1.29 is 28.0 Å². The van der Waals surface area contributed by atoms with E-state index in [1.807, 2.05) is 0 Å². The average Bonchev–Trinajstić information content (AvgIpc) is 2.61. The van der Waals surface area contributed by atoms with Crippen LogP contribution in [0.1, 0.15) is 30.4 Å². The summed E-state index contributed by atoms with van der Waals surface area (Å²) in [6, 6.07) is 1.55. The number of benzene rings is 2. The average molecular weight is 292 g/mol. The molecular weight excluding hydrogens is 268 g/mol. The Labute approximate surface area is 134 Å². The molecule has 4 heteroatoms. The molecule has 0 aliphatic carbocycles. The van der Waals surface area contributed by atoms with E-state index >= 15 is 0 Å². The third-order valence-electron chi connectivity index (χ3n) is 2.95. The molecule has 0 aliphatic heterocycles. The Bertz CT molecular complexity index is 1300. The molecule has 0 unspecified atom stereocenters. The van der Waals surface area contributed by atoms with E-state index < -0.39 is 76.8 Å². The highest BCUT2D eigenvalue weighted by atomic mass is 16.4. The quantitative estimate of drug-likeness (QED) is 0.737. The molecule has 3 rings (SSSR count). The summed E-state index contributed by atoms with van der Waals surface area (Å²) >= 11 is 0. The first kappa shape index (κ1) is 6.02. The molecule has 1 aromatic heterocycles. The van der Waals surface area contributed by atoms with E-state index in [2.05, 4.69) is 0 Å². The van der Waals surface area contributed by atoms with Crippen LogP contribution in [0.2, 0.25) is 0 Å². The summed E-state index contributed by atoms with van der Waals surface area (Å²) in [5.41, 5.74) is -4.99. The summed E-state index contributed by atoms with van der Waals surface area (Å²) < 4.78 is 83.6. The number of hydrogen-bond donors (Lipinski definition) is 1. The van der Waals surface area contributed by atoms with Crippen LogP contribution >= 0.6 is 0 Å². The van der Waals surface area contributed by atoms with E-state index in [0.717, 1.165) is 12.1 Å². The van der Waals surface area contributed by atoms with Gasteiger partial charge in [-0.05, 0) is 36.9 Å². The van der Waals surface area contributed by atoms with Crippen molar-refractivity contribution in [3.63, 3.8) is 0 Å². The molecule has 0 saturated heterocycles. The lowest BCUT2D eigenvalue weighted by molar-refractivity contribution is -0.136. The molecule has 2 aromatic carbocycles. The topological polar surface area (TPSA) is 67.5 Å². The number of rotatable bonds is 2. The minimum atomic E-state index is -3.18. The van der Waals surface area contributed by atoms with Crippen LogP contribution in [0.4, 0.5) is 0 Å². The zero-order chi connectivity index (χ0) is 23.7. The number of carbonyl (C=O) groups is 1. The molecule has 0 amide bonds. The van der Waals surface area contributed by atoms with Gasteiger partial charge in [-0.1, -0.05) is 18.2 Å². The molecule has 0 atom stereocenters. The Hall–Kier alpha value is -2.62. The van der Waals surface area contributed by atoms with E-state index in [4.69, 9.17) is 18.1 Å². The van der Waals surface area contributed by atoms with Crippen LogP contribution in [0.3, 0.4) is 0 Å². The molecule has 0 spiro atoms. The first-order chi connectivity index (χ1) is 14.0. The van der Waals surface area contributed by atoms with Crippen LogP contribution in [-0.4, -0.2) is 11.1 Å². The van der Waals surface area contributed by atoms with Crippen LogP contribution in [0.15, 0.2) is 39.5 Å². The molecule has 0 aliphatic rings. The van der Waals surface area contributed by atoms with E-state index in [-0.39, 0.29) is 5.39 Å². The van der Waals surface area contributed by atoms with Crippen molar-refractivity contribution in [1.82, 2.24) is 0 Å². The number of hydrogen-bond acceptors (Lipinski definition) is 3. The second-order valence-electron chi connectivity index (χ2n) is 4.25. The van der Waals surface area contributed by atoms with Crippen LogP contribution in [0.25, 0.3) is 21.9 Å². The van der Waals surface area contributed by atoms with Crippen molar-refractivity contribution in [1.29, 1.82) is 0 Å². The van der Waals surface area contributed by atoms with Gasteiger partial charge in [-0.2, -0.15) is 0 Å². The maximum absolute atomic E-state index is 13.1. The molecule has 1 heterocycles. The highest BCUT2D eigenvalue weighted by Gasteiger charge is 2.14. The summed E-state index contributed by atoms with van der Waals surface area (Å²) in [5, 5.41) is 8.23. The first-order valence-corrected chi connectivity index (χ1v) is 5.78. The molecule has 4 nitrogen and oxygen atoms in total. The minimum absolute atomic E-state index is 0.346. The van der Waals surface area contributed by atoms with Gasteiger partial charge >= 0.3 is 5.97 Å². The van der Waals surface area contributed by atoms with Crippen LogP contribution < -0.4 is 5.43 Å². The Kier molecular flexibility index (Phi) is 1.36. The van der Waals surface area contributed by atoms with Gasteiger partial charge in [0.05, 0.1) is 19.9 Å². The zero-order valence-electron chi connectivity index (χ0n) is 20.4. The van der Waals surface area contributed by atoms with Gasteiger partial charge in [0.1, 0.15) is 11.2 Å². The third kappa shape index (κ3) is 2.09. The molecule has 1 N–H and O–H groups in total. The number of para-hydroxylation sites is 1. The normalized spacial score (nSPS) is 20.0. The zero-order valence-corrected chi connectivity index (χ0v) is 10.4. The molecule has 0 saturated carbocycles. The largest absolute Gasteiger partial charge is 0.481 e. The molecule has 21 heavy (non-hydrogen) atoms. The summed E-state index contributed by atoms with van der Waals surface area (Å²) in [5.74, 6) is -1.90. The fourth-order valence-corrected chi connectivity index (χ4v) is 2.02. The Morgan fingerprint density at radius 3 is 2.90 bits per heavy atom. The van der Waals surface area contributed by atoms with Crippen molar-refractivity contribution in [2.24, 2.45) is 0 Å². The number of carboxylic acids is 1. The molecular formula is C17H14O4. The van der Waals surface area contributed by atoms with Gasteiger partial charge in [0.15, 0.2) is 0 Å². The van der Waals surface area contributed by atoms with E-state index in [1.54, 1.807) is 0 Å². The van der Waals surface area contributed by atoms with Gasteiger partial charge in [0, 0.05) is 16.5 Å². The lowest BCUT2D eigenvalue weighted by atomic mass is 10.0. The lowest BCUT2D eigenvalue weighted by Crippen LogP contribution is -2.06. The van der Waals surface area contributed by atoms with Crippen molar-refractivity contribution in [2.75, 3.05) is 0 Å². The summed E-state index contributed by atoms with van der Waals surface area (Å²) in [7, 11) is 0. The van der Waals surface area contributed by atoms with Gasteiger partial charge in [-0.3, -0.25) is 9.59 Å². The minimum Gasteiger partial charge on any atom is -0.481 e. The highest BCUT2D eigenvalue weighted by Crippen LogP contribution is 2.25. The Morgan fingerprint density at radius 2 is 2.19 bits per heavy atom. The van der Waals surface area contributed by atoms with Gasteiger partial charge in [-0.25, -0.2) is 0 Å². The summed E-state index contributed by atoms with van der Waals surface area (Å²) in [6.07, 6.45) is -3.03. The maximum Gasteiger partial charge on any atom is 0.307 e. The number of carboxylic acid groups (broad SMARTS) is 1. The Balaban J connectivity index is 2.72. The maximum atomic E-state index is 13.1. The number of fused-ring (bicyclic) bond motifs is 2. The molecule has 0 fully saturated rings. The van der Waals surface area contributed by atoms with Gasteiger partial charge in [0.2, 0.25) is 5.43 Å². The number of aliphatic carboxylic acids is 1. The fourth-order valence-electron chi connectivity index (χ4n) is 2.02. The van der Waals surface area contributed by atoms with Gasteiger partial charge in [0.25, 0.3) is 0 Å². The van der Waals surface area contributed by atoms with Crippen molar-refractivity contribution in [2.45, 2.75) is 20.1 Å². The molecule has 3 aromatic rings. The van der Waals surface area contributed by atoms with E-state index in [9.17, 15) is 14.7 Å². The summed E-state index contributed by atoms with van der Waals surface area (Å²) in [6.45, 7) is -6.33. The van der Waals surface area contributed by atoms with Crippen LogP contribution in [-0.2, 0) is 11.2 Å². The predicted octanol–water partition coefficient (Wildman–Crippen LogP) is 3.19. The monoisotopic (exact) mass is 292 g/mol. The lowest BCUT2D eigenvalue weighted by Gasteiger charge is -2.08. The van der Waals surface area contributed by atoms with Gasteiger partial charge in [-0.15, -0.1) is 0 Å². The standard InChI is InChI=1S/C17H14O4/c1-9-6-7-13-15(20)12-5-3-4-11(8-14(18)19)17(12)21-16(13)10(9)2/h3-7H,8H2,1-2H3,(H,18,19)/i1D3,2D3,6D,7D,8D2. The van der Waals surface area contributed by atoms with Crippen molar-refractivity contribution in [3.05, 3.63) is 57.2 Å². The second-order valence-corrected chi connectivity index (χ2v) is 4.25. The SMILES string of the molecule is [2H]c1c(C([2H])([2H])[2H])c(C([2H])([2H])[2H])c2oc3c(C([2H])([2H])C(=O)O)cccc3c(=O)c2c1[2H]. The Morgan fingerprint density at radius 1 is 1.33 bits per heavy atom. The summed E-state index contributed by atoms with van der Waals surface area (Å²) in [4.78, 5) is 24.5. The van der Waals surface area contributed by atoms with Gasteiger partial charge < -0.3 is 9.52 Å². The fraction of sp³-hybridized carbons (Fsp3) is 0.176. The van der Waals surface area contributed by atoms with Crippen LogP contribution in [0, 0.1) is 13.7 Å². The molecule has 0 radical (unpaired) electrons. The first-order valence-electron chi connectivity index (χ1n) is 10.8. The van der Waals surface area contributed by atoms with E-state index in [1.165, 1.54) is 6.07 Å².